The molecule has 44 heavy (non-hydrogen) atoms. The van der Waals surface area contributed by atoms with Crippen LogP contribution in [0, 0.1) is 0 Å². The zero-order valence-corrected chi connectivity index (χ0v) is 28.6. The first-order valence-electron chi connectivity index (χ1n) is 18.4. The van der Waals surface area contributed by atoms with Crippen molar-refractivity contribution in [3.63, 3.8) is 0 Å². The molecule has 7 heteroatoms. The molecule has 0 radical (unpaired) electrons. The van der Waals surface area contributed by atoms with Crippen LogP contribution in [0.1, 0.15) is 180 Å². The summed E-state index contributed by atoms with van der Waals surface area (Å²) < 4.78 is 0.871. The summed E-state index contributed by atoms with van der Waals surface area (Å²) in [5.41, 5.74) is 0. The molecular weight excluding hydrogens is 554 g/mol. The molecule has 0 unspecified atom stereocenters. The van der Waals surface area contributed by atoms with Crippen molar-refractivity contribution >= 4 is 17.9 Å². The van der Waals surface area contributed by atoms with E-state index in [0.717, 1.165) is 56.3 Å². The van der Waals surface area contributed by atoms with Crippen molar-refractivity contribution in [2.75, 3.05) is 26.2 Å². The fraction of sp³-hybridized carbons (Fsp3) is 0.865. The monoisotopic (exact) mass is 625 g/mol. The van der Waals surface area contributed by atoms with Crippen LogP contribution < -0.4 is 0 Å². The van der Waals surface area contributed by atoms with E-state index < -0.39 is 17.9 Å². The van der Waals surface area contributed by atoms with Crippen molar-refractivity contribution < 1.29 is 34.2 Å². The highest BCUT2D eigenvalue weighted by Gasteiger charge is 2.26. The van der Waals surface area contributed by atoms with Crippen molar-refractivity contribution in [1.29, 1.82) is 0 Å². The van der Waals surface area contributed by atoms with E-state index in [4.69, 9.17) is 15.3 Å². The van der Waals surface area contributed by atoms with Crippen LogP contribution in [-0.4, -0.2) is 63.9 Å². The molecule has 0 rings (SSSR count). The largest absolute Gasteiger partial charge is 0.481 e. The van der Waals surface area contributed by atoms with E-state index in [1.165, 1.54) is 109 Å². The van der Waals surface area contributed by atoms with Gasteiger partial charge in [0.2, 0.25) is 0 Å². The molecule has 0 aliphatic carbocycles. The van der Waals surface area contributed by atoms with Gasteiger partial charge in [0.25, 0.3) is 0 Å². The summed E-state index contributed by atoms with van der Waals surface area (Å²) in [5.74, 6) is -2.30. The van der Waals surface area contributed by atoms with Crippen LogP contribution in [0.2, 0.25) is 0 Å². The van der Waals surface area contributed by atoms with Gasteiger partial charge in [-0.15, -0.1) is 0 Å². The molecule has 0 aliphatic rings. The lowest BCUT2D eigenvalue weighted by Crippen LogP contribution is -2.51. The first-order valence-corrected chi connectivity index (χ1v) is 18.4. The Labute approximate surface area is 270 Å². The third-order valence-electron chi connectivity index (χ3n) is 9.06. The van der Waals surface area contributed by atoms with Crippen molar-refractivity contribution in [1.82, 2.24) is 0 Å². The minimum atomic E-state index is -0.765. The summed E-state index contributed by atoms with van der Waals surface area (Å²) in [6, 6.07) is 0. The average Bonchev–Trinajstić information content (AvgIpc) is 2.98. The van der Waals surface area contributed by atoms with Gasteiger partial charge in [0.15, 0.2) is 0 Å². The zero-order chi connectivity index (χ0) is 32.6. The molecule has 0 saturated carbocycles. The maximum atomic E-state index is 11.0. The zero-order valence-electron chi connectivity index (χ0n) is 28.6. The maximum Gasteiger partial charge on any atom is 0.303 e. The summed E-state index contributed by atoms with van der Waals surface area (Å²) in [4.78, 5) is 33.1. The van der Waals surface area contributed by atoms with Gasteiger partial charge in [-0.05, 0) is 71.1 Å². The molecule has 3 N–H and O–H groups in total. The first kappa shape index (κ1) is 42.1. The van der Waals surface area contributed by atoms with Gasteiger partial charge < -0.3 is 19.8 Å². The fourth-order valence-electron chi connectivity index (χ4n) is 6.37. The van der Waals surface area contributed by atoms with Crippen molar-refractivity contribution in [2.24, 2.45) is 0 Å². The van der Waals surface area contributed by atoms with E-state index >= 15 is 0 Å². The van der Waals surface area contributed by atoms with E-state index in [1.54, 1.807) is 0 Å². The topological polar surface area (TPSA) is 112 Å². The van der Waals surface area contributed by atoms with Crippen LogP contribution in [0.3, 0.4) is 0 Å². The Bertz CT molecular complexity index is 668. The quantitative estimate of drug-likeness (QED) is 0.0367. The highest BCUT2D eigenvalue weighted by Crippen LogP contribution is 2.20. The number of allylic oxidation sites excluding steroid dienone is 2. The number of aliphatic carboxylic acids is 3. The van der Waals surface area contributed by atoms with E-state index in [1.807, 2.05) is 0 Å². The number of carboxylic acids is 3. The first-order chi connectivity index (χ1) is 21.3. The molecule has 0 saturated heterocycles. The summed E-state index contributed by atoms with van der Waals surface area (Å²) in [6.07, 6.45) is 33.4. The Morgan fingerprint density at radius 1 is 0.409 bits per heavy atom. The molecule has 0 spiro atoms. The molecule has 0 aromatic heterocycles. The second kappa shape index (κ2) is 31.1. The molecule has 0 bridgehead atoms. The number of rotatable bonds is 35. The van der Waals surface area contributed by atoms with Gasteiger partial charge in [-0.2, -0.15) is 0 Å². The molecule has 258 valence electrons. The molecule has 0 aromatic rings. The molecule has 0 heterocycles. The number of carbonyl (C=O) groups is 3. The lowest BCUT2D eigenvalue weighted by atomic mass is 10.0. The minimum absolute atomic E-state index is 0.176. The lowest BCUT2D eigenvalue weighted by Gasteiger charge is -2.39. The van der Waals surface area contributed by atoms with Crippen LogP contribution in [0.25, 0.3) is 0 Å². The predicted octanol–water partition coefficient (Wildman–Crippen LogP) is 10.2. The smallest absolute Gasteiger partial charge is 0.303 e. The van der Waals surface area contributed by atoms with E-state index in [0.29, 0.717) is 19.3 Å². The van der Waals surface area contributed by atoms with Crippen LogP contribution in [-0.2, 0) is 14.4 Å². The number of nitrogens with zero attached hydrogens (tertiary/aromatic N) is 1. The number of carboxylic acid groups (broad SMARTS) is 3. The van der Waals surface area contributed by atoms with Gasteiger partial charge in [-0.1, -0.05) is 102 Å². The Kier molecular flexibility index (Phi) is 29.8. The number of unbranched alkanes of at least 4 members (excludes halogenated alkanes) is 20. The summed E-state index contributed by atoms with van der Waals surface area (Å²) >= 11 is 0. The average molecular weight is 625 g/mol. The Morgan fingerprint density at radius 3 is 0.932 bits per heavy atom. The normalized spacial score (nSPS) is 11.8. The van der Waals surface area contributed by atoms with E-state index in [-0.39, 0.29) is 19.3 Å². The Morgan fingerprint density at radius 2 is 0.659 bits per heavy atom. The molecule has 0 fully saturated rings. The molecule has 0 amide bonds. The summed E-state index contributed by atoms with van der Waals surface area (Å²) in [5, 5.41) is 27.2. The van der Waals surface area contributed by atoms with Crippen LogP contribution in [0.4, 0.5) is 0 Å². The van der Waals surface area contributed by atoms with Gasteiger partial charge in [-0.25, -0.2) is 0 Å². The minimum Gasteiger partial charge on any atom is -0.481 e. The van der Waals surface area contributed by atoms with Crippen LogP contribution >= 0.6 is 0 Å². The molecule has 7 nitrogen and oxygen atoms in total. The van der Waals surface area contributed by atoms with E-state index in [9.17, 15) is 14.4 Å². The van der Waals surface area contributed by atoms with Gasteiger partial charge in [0, 0.05) is 19.3 Å². The third-order valence-corrected chi connectivity index (χ3v) is 9.06. The molecule has 0 atom stereocenters. The van der Waals surface area contributed by atoms with Gasteiger partial charge in [0.05, 0.1) is 26.2 Å². The van der Waals surface area contributed by atoms with Crippen LogP contribution in [0.5, 0.6) is 0 Å². The maximum absolute atomic E-state index is 11.0. The summed E-state index contributed by atoms with van der Waals surface area (Å²) in [7, 11) is 0. The van der Waals surface area contributed by atoms with Crippen molar-refractivity contribution in [2.45, 2.75) is 180 Å². The van der Waals surface area contributed by atoms with Crippen molar-refractivity contribution in [3.05, 3.63) is 12.2 Å². The SMILES string of the molecule is C/C=C/CCCCCCCCCCCCCCCCCCC[N+](CCCCC(=O)O)(CCCCC(=O)O)CCCCC(=O)O. The second-order valence-corrected chi connectivity index (χ2v) is 13.2. The molecule has 0 aliphatic heterocycles. The van der Waals surface area contributed by atoms with Crippen molar-refractivity contribution in [3.8, 4) is 0 Å². The number of hydrogen-bond donors (Lipinski definition) is 3. The van der Waals surface area contributed by atoms with Gasteiger partial charge >= 0.3 is 17.9 Å². The lowest BCUT2D eigenvalue weighted by molar-refractivity contribution is -0.929. The third kappa shape index (κ3) is 30.1. The number of quaternary nitrogens is 1. The van der Waals surface area contributed by atoms with E-state index in [2.05, 4.69) is 19.1 Å². The predicted molar refractivity (Wildman–Crippen MR) is 182 cm³/mol. The number of hydrogen-bond acceptors (Lipinski definition) is 3. The van der Waals surface area contributed by atoms with Gasteiger partial charge in [0.1, 0.15) is 0 Å². The van der Waals surface area contributed by atoms with Gasteiger partial charge in [-0.3, -0.25) is 14.4 Å². The Hall–Kier alpha value is -1.89. The highest BCUT2D eigenvalue weighted by molar-refractivity contribution is 5.67. The van der Waals surface area contributed by atoms with Crippen LogP contribution in [0.15, 0.2) is 12.2 Å². The molecule has 0 aromatic carbocycles. The second-order valence-electron chi connectivity index (χ2n) is 13.2. The fourth-order valence-corrected chi connectivity index (χ4v) is 6.37. The summed E-state index contributed by atoms with van der Waals surface area (Å²) in [6.45, 7) is 5.80. The standard InChI is InChI=1S/C37H69NO6/c1-2-3-4-5-6-7-8-9-10-11-12-13-14-15-16-17-18-19-20-24-31-38(32-25-21-28-35(39)40,33-26-22-29-36(41)42)34-27-23-30-37(43)44/h2-3H,4-34H2,1H3,(H2-,39,40,41,42,43,44)/p+1/b3-2+. The molecular formula is C37H70NO6+. The Balaban J connectivity index is 4.20. The highest BCUT2D eigenvalue weighted by atomic mass is 16.4.